The van der Waals surface area contributed by atoms with Crippen LogP contribution in [0, 0.1) is 0 Å². The van der Waals surface area contributed by atoms with Crippen LogP contribution in [0.3, 0.4) is 0 Å². The first-order valence-corrected chi connectivity index (χ1v) is 6.28. The molecular weight excluding hydrogens is 260 g/mol. The fraction of sp³-hybridized carbons (Fsp3) is 0.200. The van der Waals surface area contributed by atoms with Crippen molar-refractivity contribution in [1.29, 1.82) is 0 Å². The normalized spacial score (nSPS) is 17.3. The van der Waals surface area contributed by atoms with Crippen LogP contribution in [0.1, 0.15) is 23.7 Å². The summed E-state index contributed by atoms with van der Waals surface area (Å²) in [5.41, 5.74) is 1.22. The molecule has 0 unspecified atom stereocenters. The first-order chi connectivity index (χ1) is 9.54. The Morgan fingerprint density at radius 2 is 1.65 bits per heavy atom. The van der Waals surface area contributed by atoms with Crippen LogP contribution < -0.4 is 4.74 Å². The number of hydrogen-bond donors (Lipinski definition) is 4. The predicted molar refractivity (Wildman–Crippen MR) is 71.2 cm³/mol. The molecule has 1 heterocycles. The number of fused-ring (bicyclic) bond motifs is 1. The van der Waals surface area contributed by atoms with Gasteiger partial charge in [0.2, 0.25) is 0 Å². The second-order valence-corrected chi connectivity index (χ2v) is 4.83. The highest BCUT2D eigenvalue weighted by Crippen LogP contribution is 2.43. The lowest BCUT2D eigenvalue weighted by atomic mass is 9.96. The highest BCUT2D eigenvalue weighted by molar-refractivity contribution is 5.51. The van der Waals surface area contributed by atoms with Crippen molar-refractivity contribution in [2.45, 2.75) is 18.9 Å². The van der Waals surface area contributed by atoms with Gasteiger partial charge in [0.15, 0.2) is 0 Å². The molecule has 0 fully saturated rings. The lowest BCUT2D eigenvalue weighted by Gasteiger charge is -2.27. The third-order valence-electron chi connectivity index (χ3n) is 3.46. The van der Waals surface area contributed by atoms with E-state index in [1.165, 1.54) is 24.3 Å². The molecule has 2 aromatic carbocycles. The highest BCUT2D eigenvalue weighted by Gasteiger charge is 2.26. The molecule has 104 valence electrons. The Morgan fingerprint density at radius 1 is 0.900 bits per heavy atom. The minimum Gasteiger partial charge on any atom is -0.508 e. The van der Waals surface area contributed by atoms with Crippen molar-refractivity contribution in [2.24, 2.45) is 0 Å². The number of rotatable bonds is 1. The Morgan fingerprint density at radius 3 is 2.40 bits per heavy atom. The monoisotopic (exact) mass is 274 g/mol. The van der Waals surface area contributed by atoms with Gasteiger partial charge in [-0.25, -0.2) is 0 Å². The summed E-state index contributed by atoms with van der Waals surface area (Å²) in [4.78, 5) is 0. The van der Waals surface area contributed by atoms with E-state index in [1.54, 1.807) is 6.07 Å². The molecule has 1 aliphatic heterocycles. The van der Waals surface area contributed by atoms with Crippen molar-refractivity contribution in [3.63, 3.8) is 0 Å². The second kappa shape index (κ2) is 4.52. The van der Waals surface area contributed by atoms with E-state index < -0.39 is 0 Å². The van der Waals surface area contributed by atoms with E-state index in [2.05, 4.69) is 0 Å². The summed E-state index contributed by atoms with van der Waals surface area (Å²) in [5, 5.41) is 38.4. The van der Waals surface area contributed by atoms with Crippen LogP contribution >= 0.6 is 0 Å². The van der Waals surface area contributed by atoms with Gasteiger partial charge in [-0.2, -0.15) is 0 Å². The molecule has 0 saturated carbocycles. The summed E-state index contributed by atoms with van der Waals surface area (Å²) in [5.74, 6) is 0.289. The molecule has 2 aromatic rings. The van der Waals surface area contributed by atoms with Gasteiger partial charge in [-0.05, 0) is 25.0 Å². The SMILES string of the molecule is Oc1ccc([C@@H]2CCc3c(O)cc(O)cc3O2)c(O)c1. The Kier molecular flexibility index (Phi) is 2.82. The van der Waals surface area contributed by atoms with Crippen LogP contribution in [0.5, 0.6) is 28.7 Å². The Labute approximate surface area is 115 Å². The number of phenols is 4. The molecule has 1 atom stereocenters. The van der Waals surface area contributed by atoms with E-state index in [9.17, 15) is 20.4 Å². The Hall–Kier alpha value is -2.56. The molecule has 0 spiro atoms. The minimum atomic E-state index is -0.385. The maximum atomic E-state index is 9.86. The van der Waals surface area contributed by atoms with Crippen molar-refractivity contribution >= 4 is 0 Å². The van der Waals surface area contributed by atoms with Crippen LogP contribution in [0.4, 0.5) is 0 Å². The molecule has 5 nitrogen and oxygen atoms in total. The van der Waals surface area contributed by atoms with E-state index in [-0.39, 0.29) is 29.1 Å². The van der Waals surface area contributed by atoms with Gasteiger partial charge < -0.3 is 25.2 Å². The third-order valence-corrected chi connectivity index (χ3v) is 3.46. The summed E-state index contributed by atoms with van der Waals surface area (Å²) in [6.07, 6.45) is 0.778. The lowest BCUT2D eigenvalue weighted by molar-refractivity contribution is 0.170. The summed E-state index contributed by atoms with van der Waals surface area (Å²) in [6, 6.07) is 7.06. The molecular formula is C15H14O5. The number of benzene rings is 2. The molecule has 0 aliphatic carbocycles. The van der Waals surface area contributed by atoms with Crippen molar-refractivity contribution in [2.75, 3.05) is 0 Å². The molecule has 5 heteroatoms. The number of hydrogen-bond acceptors (Lipinski definition) is 5. The average molecular weight is 274 g/mol. The van der Waals surface area contributed by atoms with Gasteiger partial charge in [-0.3, -0.25) is 0 Å². The van der Waals surface area contributed by atoms with Crippen LogP contribution in [0.25, 0.3) is 0 Å². The summed E-state index contributed by atoms with van der Waals surface area (Å²) < 4.78 is 5.74. The molecule has 0 amide bonds. The zero-order chi connectivity index (χ0) is 14.3. The topological polar surface area (TPSA) is 90.2 Å². The number of phenolic OH excluding ortho intramolecular Hbond substituents is 4. The maximum absolute atomic E-state index is 9.86. The zero-order valence-electron chi connectivity index (χ0n) is 10.6. The largest absolute Gasteiger partial charge is 0.508 e. The van der Waals surface area contributed by atoms with Crippen LogP contribution in [-0.2, 0) is 6.42 Å². The van der Waals surface area contributed by atoms with Crippen molar-refractivity contribution in [3.8, 4) is 28.7 Å². The van der Waals surface area contributed by atoms with Crippen molar-refractivity contribution < 1.29 is 25.2 Å². The molecule has 0 aromatic heterocycles. The Balaban J connectivity index is 1.96. The van der Waals surface area contributed by atoms with E-state index >= 15 is 0 Å². The fourth-order valence-electron chi connectivity index (χ4n) is 2.48. The summed E-state index contributed by atoms with van der Waals surface area (Å²) in [6.45, 7) is 0. The van der Waals surface area contributed by atoms with Gasteiger partial charge in [0.05, 0.1) is 0 Å². The van der Waals surface area contributed by atoms with E-state index in [1.807, 2.05) is 0 Å². The second-order valence-electron chi connectivity index (χ2n) is 4.83. The lowest BCUT2D eigenvalue weighted by Crippen LogP contribution is -2.15. The van der Waals surface area contributed by atoms with Crippen LogP contribution in [0.15, 0.2) is 30.3 Å². The molecule has 0 bridgehead atoms. The van der Waals surface area contributed by atoms with Gasteiger partial charge in [-0.15, -0.1) is 0 Å². The molecule has 0 radical (unpaired) electrons. The first kappa shape index (κ1) is 12.5. The molecule has 1 aliphatic rings. The maximum Gasteiger partial charge on any atom is 0.130 e. The van der Waals surface area contributed by atoms with Gasteiger partial charge in [-0.1, -0.05) is 0 Å². The summed E-state index contributed by atoms with van der Waals surface area (Å²) in [7, 11) is 0. The average Bonchev–Trinajstić information content (AvgIpc) is 2.37. The summed E-state index contributed by atoms with van der Waals surface area (Å²) >= 11 is 0. The molecule has 3 rings (SSSR count). The van der Waals surface area contributed by atoms with E-state index in [0.29, 0.717) is 29.7 Å². The van der Waals surface area contributed by atoms with Gasteiger partial charge in [0.1, 0.15) is 34.9 Å². The highest BCUT2D eigenvalue weighted by atomic mass is 16.5. The third kappa shape index (κ3) is 2.07. The fourth-order valence-corrected chi connectivity index (χ4v) is 2.48. The quantitative estimate of drug-likeness (QED) is 0.641. The zero-order valence-corrected chi connectivity index (χ0v) is 10.6. The predicted octanol–water partition coefficient (Wildman–Crippen LogP) is 2.58. The molecule has 20 heavy (non-hydrogen) atoms. The first-order valence-electron chi connectivity index (χ1n) is 6.28. The van der Waals surface area contributed by atoms with E-state index in [0.717, 1.165) is 0 Å². The van der Waals surface area contributed by atoms with E-state index in [4.69, 9.17) is 4.74 Å². The number of aromatic hydroxyl groups is 4. The van der Waals surface area contributed by atoms with Crippen LogP contribution in [0.2, 0.25) is 0 Å². The molecule has 4 N–H and O–H groups in total. The van der Waals surface area contributed by atoms with Crippen LogP contribution in [-0.4, -0.2) is 20.4 Å². The smallest absolute Gasteiger partial charge is 0.130 e. The standard InChI is InChI=1S/C15H14O5/c16-8-1-2-10(12(18)5-8)14-4-3-11-13(19)6-9(17)7-15(11)20-14/h1-2,5-7,14,16-19H,3-4H2/t14-/m0/s1. The van der Waals surface area contributed by atoms with Crippen molar-refractivity contribution in [3.05, 3.63) is 41.5 Å². The molecule has 0 saturated heterocycles. The number of ether oxygens (including phenoxy) is 1. The van der Waals surface area contributed by atoms with Gasteiger partial charge in [0.25, 0.3) is 0 Å². The van der Waals surface area contributed by atoms with Gasteiger partial charge in [0, 0.05) is 29.3 Å². The van der Waals surface area contributed by atoms with Crippen molar-refractivity contribution in [1.82, 2.24) is 0 Å². The minimum absolute atomic E-state index is 0.00776. The van der Waals surface area contributed by atoms with Gasteiger partial charge >= 0.3 is 0 Å². The Bertz CT molecular complexity index is 666.